The van der Waals surface area contributed by atoms with Gasteiger partial charge in [0.05, 0.1) is 6.10 Å². The predicted octanol–water partition coefficient (Wildman–Crippen LogP) is 4.65. The first kappa shape index (κ1) is 20.9. The van der Waals surface area contributed by atoms with Gasteiger partial charge in [-0.15, -0.1) is 0 Å². The van der Waals surface area contributed by atoms with Crippen molar-refractivity contribution in [2.75, 3.05) is 0 Å². The number of aliphatic carboxylic acids is 1. The number of allylic oxidation sites excluding steroid dienone is 1. The standard InChI is InChI=1S/C20H34O4/c1-2-3-4-5-6-9-12-16-17(19(22)15-18(16)21)13-10-7-8-11-14-20(23)24/h13,16,18,21H,2-12,14-15H2,1H3,(H,23,24). The van der Waals surface area contributed by atoms with E-state index < -0.39 is 12.1 Å². The topological polar surface area (TPSA) is 74.6 Å². The summed E-state index contributed by atoms with van der Waals surface area (Å²) < 4.78 is 0. The molecule has 0 aromatic rings. The van der Waals surface area contributed by atoms with Gasteiger partial charge in [-0.2, -0.15) is 0 Å². The van der Waals surface area contributed by atoms with Gasteiger partial charge in [-0.3, -0.25) is 9.59 Å². The third-order valence-electron chi connectivity index (χ3n) is 4.91. The molecule has 0 spiro atoms. The molecule has 0 aromatic carbocycles. The summed E-state index contributed by atoms with van der Waals surface area (Å²) >= 11 is 0. The number of rotatable bonds is 13. The highest BCUT2D eigenvalue weighted by Crippen LogP contribution is 2.33. The summed E-state index contributed by atoms with van der Waals surface area (Å²) in [6, 6.07) is 0. The van der Waals surface area contributed by atoms with E-state index in [4.69, 9.17) is 5.11 Å². The van der Waals surface area contributed by atoms with Crippen molar-refractivity contribution in [3.63, 3.8) is 0 Å². The van der Waals surface area contributed by atoms with Gasteiger partial charge in [-0.05, 0) is 31.3 Å². The lowest BCUT2D eigenvalue weighted by Gasteiger charge is -2.15. The zero-order valence-electron chi connectivity index (χ0n) is 15.1. The number of unbranched alkanes of at least 4 members (excludes halogenated alkanes) is 8. The van der Waals surface area contributed by atoms with Crippen LogP contribution >= 0.6 is 0 Å². The van der Waals surface area contributed by atoms with Crippen molar-refractivity contribution in [3.8, 4) is 0 Å². The highest BCUT2D eigenvalue weighted by atomic mass is 16.4. The number of carbonyl (C=O) groups excluding carboxylic acids is 1. The lowest BCUT2D eigenvalue weighted by Crippen LogP contribution is -2.14. The lowest BCUT2D eigenvalue weighted by molar-refractivity contribution is -0.137. The molecule has 24 heavy (non-hydrogen) atoms. The highest BCUT2D eigenvalue weighted by Gasteiger charge is 2.35. The van der Waals surface area contributed by atoms with E-state index in [0.717, 1.165) is 37.7 Å². The molecule has 2 unspecified atom stereocenters. The van der Waals surface area contributed by atoms with Crippen molar-refractivity contribution in [1.29, 1.82) is 0 Å². The molecular formula is C20H34O4. The van der Waals surface area contributed by atoms with Crippen LogP contribution in [-0.4, -0.2) is 28.1 Å². The number of aliphatic hydroxyl groups is 1. The fourth-order valence-electron chi connectivity index (χ4n) is 3.48. The third kappa shape index (κ3) is 8.09. The van der Waals surface area contributed by atoms with E-state index in [1.807, 2.05) is 6.08 Å². The normalized spacial score (nSPS) is 22.4. The number of hydrogen-bond acceptors (Lipinski definition) is 3. The maximum absolute atomic E-state index is 12.1. The Morgan fingerprint density at radius 1 is 1.08 bits per heavy atom. The maximum atomic E-state index is 12.1. The van der Waals surface area contributed by atoms with Gasteiger partial charge >= 0.3 is 5.97 Å². The van der Waals surface area contributed by atoms with E-state index >= 15 is 0 Å². The molecule has 2 N–H and O–H groups in total. The van der Waals surface area contributed by atoms with Gasteiger partial charge in [0.2, 0.25) is 0 Å². The zero-order chi connectivity index (χ0) is 17.8. The van der Waals surface area contributed by atoms with Crippen LogP contribution in [0.15, 0.2) is 11.6 Å². The number of hydrogen-bond donors (Lipinski definition) is 2. The molecule has 4 nitrogen and oxygen atoms in total. The summed E-state index contributed by atoms with van der Waals surface area (Å²) in [6.45, 7) is 2.21. The Kier molecular flexibility index (Phi) is 10.6. The van der Waals surface area contributed by atoms with E-state index in [1.54, 1.807) is 0 Å². The second-order valence-corrected chi connectivity index (χ2v) is 7.01. The molecule has 0 amide bonds. The highest BCUT2D eigenvalue weighted by molar-refractivity contribution is 5.98. The predicted molar refractivity (Wildman–Crippen MR) is 95.9 cm³/mol. The smallest absolute Gasteiger partial charge is 0.303 e. The molecule has 0 radical (unpaired) electrons. The van der Waals surface area contributed by atoms with E-state index in [2.05, 4.69) is 6.92 Å². The number of carboxylic acid groups (broad SMARTS) is 1. The number of carboxylic acids is 1. The van der Waals surface area contributed by atoms with Gasteiger partial charge in [0.1, 0.15) is 0 Å². The second kappa shape index (κ2) is 12.2. The van der Waals surface area contributed by atoms with Crippen molar-refractivity contribution in [3.05, 3.63) is 11.6 Å². The van der Waals surface area contributed by atoms with Crippen molar-refractivity contribution in [1.82, 2.24) is 0 Å². The molecule has 4 heteroatoms. The largest absolute Gasteiger partial charge is 0.481 e. The Morgan fingerprint density at radius 3 is 2.46 bits per heavy atom. The van der Waals surface area contributed by atoms with Crippen LogP contribution in [0.4, 0.5) is 0 Å². The van der Waals surface area contributed by atoms with E-state index in [1.165, 1.54) is 32.1 Å². The van der Waals surface area contributed by atoms with Crippen LogP contribution in [0.3, 0.4) is 0 Å². The summed E-state index contributed by atoms with van der Waals surface area (Å²) in [6.07, 6.45) is 13.5. The summed E-state index contributed by atoms with van der Waals surface area (Å²) in [7, 11) is 0. The number of ketones is 1. The maximum Gasteiger partial charge on any atom is 0.303 e. The first-order chi connectivity index (χ1) is 11.6. The average Bonchev–Trinajstić information content (AvgIpc) is 2.80. The minimum absolute atomic E-state index is 0.0164. The number of Topliss-reactive ketones (excluding diaryl/α,β-unsaturated/α-hetero) is 1. The van der Waals surface area contributed by atoms with Crippen molar-refractivity contribution < 1.29 is 19.8 Å². The molecule has 138 valence electrons. The van der Waals surface area contributed by atoms with Crippen molar-refractivity contribution >= 4 is 11.8 Å². The molecule has 1 saturated carbocycles. The molecule has 1 aliphatic rings. The summed E-state index contributed by atoms with van der Waals surface area (Å²) in [5, 5.41) is 18.8. The molecule has 0 heterocycles. The molecule has 0 aromatic heterocycles. The van der Waals surface area contributed by atoms with Gasteiger partial charge in [0.25, 0.3) is 0 Å². The summed E-state index contributed by atoms with van der Waals surface area (Å²) in [5.41, 5.74) is 0.828. The Balaban J connectivity index is 2.31. The monoisotopic (exact) mass is 338 g/mol. The first-order valence-corrected chi connectivity index (χ1v) is 9.69. The minimum atomic E-state index is -0.749. The molecule has 0 bridgehead atoms. The summed E-state index contributed by atoms with van der Waals surface area (Å²) in [5.74, 6) is -0.631. The van der Waals surface area contributed by atoms with Crippen LogP contribution in [0.1, 0.15) is 90.4 Å². The lowest BCUT2D eigenvalue weighted by atomic mass is 9.92. The average molecular weight is 338 g/mol. The van der Waals surface area contributed by atoms with E-state index in [0.29, 0.717) is 6.42 Å². The zero-order valence-corrected chi connectivity index (χ0v) is 15.1. The molecule has 1 aliphatic carbocycles. The SMILES string of the molecule is CCCCCCCCC1C(=CCCCCCC(=O)O)C(=O)CC1O. The number of aliphatic hydroxyl groups excluding tert-OH is 1. The molecule has 2 atom stereocenters. The molecule has 0 aliphatic heterocycles. The Bertz CT molecular complexity index is 414. The Labute approximate surface area is 146 Å². The van der Waals surface area contributed by atoms with Crippen LogP contribution in [0.5, 0.6) is 0 Å². The van der Waals surface area contributed by atoms with Gasteiger partial charge < -0.3 is 10.2 Å². The Morgan fingerprint density at radius 2 is 1.75 bits per heavy atom. The quantitative estimate of drug-likeness (QED) is 0.379. The first-order valence-electron chi connectivity index (χ1n) is 9.69. The third-order valence-corrected chi connectivity index (χ3v) is 4.91. The van der Waals surface area contributed by atoms with E-state index in [9.17, 15) is 14.7 Å². The second-order valence-electron chi connectivity index (χ2n) is 7.01. The Hall–Kier alpha value is -1.16. The van der Waals surface area contributed by atoms with Gasteiger partial charge in [0.15, 0.2) is 5.78 Å². The minimum Gasteiger partial charge on any atom is -0.481 e. The molecule has 0 saturated heterocycles. The van der Waals surface area contributed by atoms with Gasteiger partial charge in [0, 0.05) is 18.8 Å². The van der Waals surface area contributed by atoms with Crippen LogP contribution in [-0.2, 0) is 9.59 Å². The molecule has 1 rings (SSSR count). The number of carbonyl (C=O) groups is 2. The van der Waals surface area contributed by atoms with Gasteiger partial charge in [-0.1, -0.05) is 57.9 Å². The summed E-state index contributed by atoms with van der Waals surface area (Å²) in [4.78, 5) is 22.5. The van der Waals surface area contributed by atoms with Crippen LogP contribution in [0.2, 0.25) is 0 Å². The van der Waals surface area contributed by atoms with E-state index in [-0.39, 0.29) is 24.5 Å². The molecular weight excluding hydrogens is 304 g/mol. The van der Waals surface area contributed by atoms with Crippen LogP contribution in [0.25, 0.3) is 0 Å². The fourth-order valence-corrected chi connectivity index (χ4v) is 3.48. The molecule has 1 fully saturated rings. The van der Waals surface area contributed by atoms with Crippen molar-refractivity contribution in [2.45, 2.75) is 96.5 Å². The van der Waals surface area contributed by atoms with Gasteiger partial charge in [-0.25, -0.2) is 0 Å². The fraction of sp³-hybridized carbons (Fsp3) is 0.800. The van der Waals surface area contributed by atoms with Crippen molar-refractivity contribution in [2.24, 2.45) is 5.92 Å². The van der Waals surface area contributed by atoms with Crippen LogP contribution in [0, 0.1) is 5.92 Å². The van der Waals surface area contributed by atoms with Crippen LogP contribution < -0.4 is 0 Å².